The molecular formula is C13H19FN2O. The highest BCUT2D eigenvalue weighted by atomic mass is 19.1. The Morgan fingerprint density at radius 3 is 3.06 bits per heavy atom. The average molecular weight is 238 g/mol. The number of nitrogens with zero attached hydrogens (tertiary/aromatic N) is 1. The maximum atomic E-state index is 13.3. The highest BCUT2D eigenvalue weighted by Crippen LogP contribution is 2.30. The summed E-state index contributed by atoms with van der Waals surface area (Å²) in [6.07, 6.45) is 0.986. The number of methoxy groups -OCH3 is 1. The van der Waals surface area contributed by atoms with Crippen LogP contribution in [0, 0.1) is 5.82 Å². The second kappa shape index (κ2) is 5.47. The van der Waals surface area contributed by atoms with Crippen molar-refractivity contribution in [2.24, 2.45) is 0 Å². The first-order valence-corrected chi connectivity index (χ1v) is 5.95. The summed E-state index contributed by atoms with van der Waals surface area (Å²) in [5, 5.41) is 3.16. The number of halogens is 1. The van der Waals surface area contributed by atoms with E-state index < -0.39 is 0 Å². The van der Waals surface area contributed by atoms with Crippen LogP contribution in [0.3, 0.4) is 0 Å². The minimum atomic E-state index is -0.170. The van der Waals surface area contributed by atoms with Gasteiger partial charge >= 0.3 is 0 Å². The van der Waals surface area contributed by atoms with Gasteiger partial charge in [-0.15, -0.1) is 0 Å². The van der Waals surface area contributed by atoms with E-state index in [4.69, 9.17) is 4.74 Å². The summed E-state index contributed by atoms with van der Waals surface area (Å²) < 4.78 is 18.5. The van der Waals surface area contributed by atoms with E-state index in [-0.39, 0.29) is 11.9 Å². The lowest BCUT2D eigenvalue weighted by atomic mass is 10.1. The van der Waals surface area contributed by atoms with Crippen LogP contribution in [0.2, 0.25) is 0 Å². The van der Waals surface area contributed by atoms with E-state index in [1.54, 1.807) is 13.2 Å². The lowest BCUT2D eigenvalue weighted by molar-refractivity contribution is 0.176. The number of hydrogen-bond donors (Lipinski definition) is 1. The molecule has 0 bridgehead atoms. The van der Waals surface area contributed by atoms with Gasteiger partial charge in [0.05, 0.1) is 12.6 Å². The van der Waals surface area contributed by atoms with Gasteiger partial charge in [-0.05, 0) is 31.2 Å². The van der Waals surface area contributed by atoms with Gasteiger partial charge < -0.3 is 15.0 Å². The SMILES string of the molecule is CNCC(COC)N1CCc2ccc(F)cc21. The number of nitrogens with one attached hydrogen (secondary N) is 1. The molecule has 0 amide bonds. The Kier molecular flexibility index (Phi) is 3.97. The Morgan fingerprint density at radius 1 is 1.53 bits per heavy atom. The minimum absolute atomic E-state index is 0.170. The van der Waals surface area contributed by atoms with E-state index in [0.717, 1.165) is 25.2 Å². The van der Waals surface area contributed by atoms with E-state index in [0.29, 0.717) is 6.61 Å². The van der Waals surface area contributed by atoms with Crippen LogP contribution in [0.4, 0.5) is 10.1 Å². The normalized spacial score (nSPS) is 16.1. The van der Waals surface area contributed by atoms with Crippen molar-refractivity contribution in [2.45, 2.75) is 12.5 Å². The van der Waals surface area contributed by atoms with Crippen molar-refractivity contribution >= 4 is 5.69 Å². The van der Waals surface area contributed by atoms with E-state index >= 15 is 0 Å². The Morgan fingerprint density at radius 2 is 2.35 bits per heavy atom. The molecular weight excluding hydrogens is 219 g/mol. The molecule has 94 valence electrons. The average Bonchev–Trinajstić information content (AvgIpc) is 2.71. The van der Waals surface area contributed by atoms with Gasteiger partial charge in [0.15, 0.2) is 0 Å². The van der Waals surface area contributed by atoms with Crippen molar-refractivity contribution in [1.29, 1.82) is 0 Å². The first-order chi connectivity index (χ1) is 8.26. The molecule has 1 aromatic rings. The molecule has 4 heteroatoms. The number of rotatable bonds is 5. The Balaban J connectivity index is 2.21. The summed E-state index contributed by atoms with van der Waals surface area (Å²) in [5.41, 5.74) is 2.24. The Bertz CT molecular complexity index is 378. The number of benzene rings is 1. The molecule has 17 heavy (non-hydrogen) atoms. The third kappa shape index (κ3) is 2.58. The fourth-order valence-corrected chi connectivity index (χ4v) is 2.44. The van der Waals surface area contributed by atoms with Crippen molar-refractivity contribution in [3.63, 3.8) is 0 Å². The third-order valence-corrected chi connectivity index (χ3v) is 3.22. The van der Waals surface area contributed by atoms with E-state index in [9.17, 15) is 4.39 Å². The van der Waals surface area contributed by atoms with Crippen LogP contribution in [0.25, 0.3) is 0 Å². The predicted octanol–water partition coefficient (Wildman–Crippen LogP) is 1.42. The van der Waals surface area contributed by atoms with Gasteiger partial charge in [0, 0.05) is 25.9 Å². The van der Waals surface area contributed by atoms with Crippen molar-refractivity contribution in [3.8, 4) is 0 Å². The number of anilines is 1. The highest BCUT2D eigenvalue weighted by molar-refractivity contribution is 5.59. The van der Waals surface area contributed by atoms with Crippen LogP contribution in [-0.4, -0.2) is 39.9 Å². The van der Waals surface area contributed by atoms with E-state index in [1.807, 2.05) is 13.1 Å². The Labute approximate surface area is 102 Å². The number of likely N-dealkylation sites (N-methyl/N-ethyl adjacent to an activating group) is 1. The summed E-state index contributed by atoms with van der Waals surface area (Å²) in [6, 6.07) is 5.30. The number of fused-ring (bicyclic) bond motifs is 1. The van der Waals surface area contributed by atoms with Gasteiger partial charge in [-0.3, -0.25) is 0 Å². The quantitative estimate of drug-likeness (QED) is 0.839. The molecule has 1 aromatic carbocycles. The van der Waals surface area contributed by atoms with Gasteiger partial charge in [-0.1, -0.05) is 6.07 Å². The first-order valence-electron chi connectivity index (χ1n) is 5.95. The van der Waals surface area contributed by atoms with Crippen molar-refractivity contribution < 1.29 is 9.13 Å². The van der Waals surface area contributed by atoms with Gasteiger partial charge in [0.25, 0.3) is 0 Å². The van der Waals surface area contributed by atoms with Crippen LogP contribution in [-0.2, 0) is 11.2 Å². The molecule has 1 N–H and O–H groups in total. The molecule has 0 aliphatic carbocycles. The van der Waals surface area contributed by atoms with Gasteiger partial charge in [0.1, 0.15) is 5.82 Å². The van der Waals surface area contributed by atoms with Crippen LogP contribution < -0.4 is 10.2 Å². The van der Waals surface area contributed by atoms with Gasteiger partial charge in [-0.2, -0.15) is 0 Å². The first kappa shape index (κ1) is 12.3. The molecule has 2 rings (SSSR count). The summed E-state index contributed by atoms with van der Waals surface area (Å²) >= 11 is 0. The van der Waals surface area contributed by atoms with Crippen molar-refractivity contribution in [3.05, 3.63) is 29.6 Å². The smallest absolute Gasteiger partial charge is 0.125 e. The maximum absolute atomic E-state index is 13.3. The molecule has 1 unspecified atom stereocenters. The molecule has 0 saturated heterocycles. The molecule has 0 saturated carbocycles. The van der Waals surface area contributed by atoms with Crippen molar-refractivity contribution in [1.82, 2.24) is 5.32 Å². The zero-order valence-electron chi connectivity index (χ0n) is 10.4. The molecule has 1 heterocycles. The second-order valence-corrected chi connectivity index (χ2v) is 4.38. The third-order valence-electron chi connectivity index (χ3n) is 3.22. The Hall–Kier alpha value is -1.13. The standard InChI is InChI=1S/C13H19FN2O/c1-15-8-12(9-17-2)16-6-5-10-3-4-11(14)7-13(10)16/h3-4,7,12,15H,5-6,8-9H2,1-2H3. The molecule has 0 aromatic heterocycles. The molecule has 0 fully saturated rings. The van der Waals surface area contributed by atoms with E-state index in [1.165, 1.54) is 11.6 Å². The highest BCUT2D eigenvalue weighted by Gasteiger charge is 2.25. The van der Waals surface area contributed by atoms with Crippen molar-refractivity contribution in [2.75, 3.05) is 38.8 Å². The zero-order valence-corrected chi connectivity index (χ0v) is 10.4. The largest absolute Gasteiger partial charge is 0.383 e. The molecule has 0 radical (unpaired) electrons. The number of ether oxygens (including phenoxy) is 1. The minimum Gasteiger partial charge on any atom is -0.383 e. The number of hydrogen-bond acceptors (Lipinski definition) is 3. The summed E-state index contributed by atoms with van der Waals surface area (Å²) in [7, 11) is 3.62. The fraction of sp³-hybridized carbons (Fsp3) is 0.538. The molecule has 1 atom stereocenters. The summed E-state index contributed by atoms with van der Waals surface area (Å²) in [5.74, 6) is -0.170. The lowest BCUT2D eigenvalue weighted by Gasteiger charge is -2.29. The molecule has 0 spiro atoms. The van der Waals surface area contributed by atoms with Crippen LogP contribution in [0.15, 0.2) is 18.2 Å². The van der Waals surface area contributed by atoms with Crippen LogP contribution in [0.5, 0.6) is 0 Å². The van der Waals surface area contributed by atoms with Gasteiger partial charge in [0.2, 0.25) is 0 Å². The topological polar surface area (TPSA) is 24.5 Å². The summed E-state index contributed by atoms with van der Waals surface area (Å²) in [6.45, 7) is 2.43. The monoisotopic (exact) mass is 238 g/mol. The van der Waals surface area contributed by atoms with Gasteiger partial charge in [-0.25, -0.2) is 4.39 Å². The van der Waals surface area contributed by atoms with Crippen LogP contribution >= 0.6 is 0 Å². The maximum Gasteiger partial charge on any atom is 0.125 e. The predicted molar refractivity (Wildman–Crippen MR) is 67.0 cm³/mol. The lowest BCUT2D eigenvalue weighted by Crippen LogP contribution is -2.43. The molecule has 3 nitrogen and oxygen atoms in total. The molecule has 1 aliphatic rings. The molecule has 1 aliphatic heterocycles. The zero-order chi connectivity index (χ0) is 12.3. The fourth-order valence-electron chi connectivity index (χ4n) is 2.44. The van der Waals surface area contributed by atoms with E-state index in [2.05, 4.69) is 10.2 Å². The van der Waals surface area contributed by atoms with Crippen LogP contribution in [0.1, 0.15) is 5.56 Å². The second-order valence-electron chi connectivity index (χ2n) is 4.38. The summed E-state index contributed by atoms with van der Waals surface area (Å²) in [4.78, 5) is 2.23.